The molecule has 4 rings (SSSR count). The molecule has 2 bridgehead atoms. The Kier molecular flexibility index (Phi) is 3.18. The predicted octanol–water partition coefficient (Wildman–Crippen LogP) is 3.74. The molecule has 3 atom stereocenters. The minimum absolute atomic E-state index is 0.0877. The molecule has 1 N–H and O–H groups in total. The van der Waals surface area contributed by atoms with E-state index in [1.165, 1.54) is 6.42 Å². The van der Waals surface area contributed by atoms with Crippen molar-refractivity contribution in [3.8, 4) is 0 Å². The molecule has 0 aliphatic heterocycles. The highest BCUT2D eigenvalue weighted by molar-refractivity contribution is 5.96. The topological polar surface area (TPSA) is 59.3 Å². The van der Waals surface area contributed by atoms with E-state index in [4.69, 9.17) is 4.42 Å². The number of para-hydroxylation sites is 1. The smallest absolute Gasteiger partial charge is 0.349 e. The van der Waals surface area contributed by atoms with Crippen LogP contribution in [-0.4, -0.2) is 11.9 Å². The molecule has 0 radical (unpaired) electrons. The first kappa shape index (κ1) is 15.4. The second kappa shape index (κ2) is 4.95. The van der Waals surface area contributed by atoms with Crippen molar-refractivity contribution < 1.29 is 9.21 Å². The number of rotatable bonds is 2. The van der Waals surface area contributed by atoms with Gasteiger partial charge in [0, 0.05) is 11.4 Å². The van der Waals surface area contributed by atoms with Crippen LogP contribution < -0.4 is 10.9 Å². The quantitative estimate of drug-likeness (QED) is 0.856. The third-order valence-electron chi connectivity index (χ3n) is 6.99. The van der Waals surface area contributed by atoms with Gasteiger partial charge < -0.3 is 9.73 Å². The fraction of sp³-hybridized carbons (Fsp3) is 0.500. The lowest BCUT2D eigenvalue weighted by Crippen LogP contribution is -2.47. The molecule has 2 aromatic rings. The first-order valence-electron chi connectivity index (χ1n) is 8.67. The van der Waals surface area contributed by atoms with Crippen LogP contribution in [0.15, 0.2) is 39.5 Å². The number of nitrogens with one attached hydrogen (secondary N) is 1. The van der Waals surface area contributed by atoms with Crippen LogP contribution in [0.5, 0.6) is 0 Å². The molecule has 1 amide bonds. The average molecular weight is 325 g/mol. The maximum Gasteiger partial charge on any atom is 0.349 e. The summed E-state index contributed by atoms with van der Waals surface area (Å²) >= 11 is 0. The standard InChI is InChI=1S/C20H23NO3/c1-19(2)13-8-9-20(19,3)16(11-13)21-17(22)14-10-12-6-4-5-7-15(12)24-18(14)23/h4-7,10,13,16H,8-9,11H2,1-3H3,(H,21,22)/t13-,16+,20+/m1/s1. The molecule has 2 aliphatic rings. The summed E-state index contributed by atoms with van der Waals surface area (Å²) in [5, 5.41) is 3.89. The summed E-state index contributed by atoms with van der Waals surface area (Å²) in [5.41, 5.74) is 0.340. The average Bonchev–Trinajstić information content (AvgIpc) is 2.87. The van der Waals surface area contributed by atoms with Crippen molar-refractivity contribution >= 4 is 16.9 Å². The largest absolute Gasteiger partial charge is 0.422 e. The fourth-order valence-corrected chi connectivity index (χ4v) is 4.88. The minimum atomic E-state index is -0.571. The van der Waals surface area contributed by atoms with Crippen LogP contribution in [0.4, 0.5) is 0 Å². The Labute approximate surface area is 141 Å². The Morgan fingerprint density at radius 2 is 2.00 bits per heavy atom. The van der Waals surface area contributed by atoms with E-state index < -0.39 is 5.63 Å². The maximum absolute atomic E-state index is 12.7. The summed E-state index contributed by atoms with van der Waals surface area (Å²) in [4.78, 5) is 24.9. The van der Waals surface area contributed by atoms with Crippen molar-refractivity contribution in [2.24, 2.45) is 16.7 Å². The zero-order chi connectivity index (χ0) is 17.1. The van der Waals surface area contributed by atoms with Gasteiger partial charge in [0.1, 0.15) is 11.1 Å². The summed E-state index contributed by atoms with van der Waals surface area (Å²) in [6.45, 7) is 6.89. The van der Waals surface area contributed by atoms with Crippen molar-refractivity contribution in [3.05, 3.63) is 46.3 Å². The van der Waals surface area contributed by atoms with Crippen molar-refractivity contribution in [1.29, 1.82) is 0 Å². The Hall–Kier alpha value is -2.10. The Morgan fingerprint density at radius 1 is 1.25 bits per heavy atom. The molecule has 2 saturated carbocycles. The fourth-order valence-electron chi connectivity index (χ4n) is 4.88. The molecule has 126 valence electrons. The molecule has 4 nitrogen and oxygen atoms in total. The maximum atomic E-state index is 12.7. The molecule has 2 aliphatic carbocycles. The molecule has 24 heavy (non-hydrogen) atoms. The third-order valence-corrected chi connectivity index (χ3v) is 6.99. The van der Waals surface area contributed by atoms with Gasteiger partial charge in [-0.2, -0.15) is 0 Å². The molecular formula is C20H23NO3. The second-order valence-electron chi connectivity index (χ2n) is 8.12. The van der Waals surface area contributed by atoms with E-state index in [0.717, 1.165) is 18.2 Å². The number of carbonyl (C=O) groups excluding carboxylic acids is 1. The van der Waals surface area contributed by atoms with Gasteiger partial charge in [0.2, 0.25) is 0 Å². The number of carbonyl (C=O) groups is 1. The van der Waals surface area contributed by atoms with Crippen molar-refractivity contribution in [2.45, 2.75) is 46.1 Å². The lowest BCUT2D eigenvalue weighted by molar-refractivity contribution is 0.0823. The first-order valence-corrected chi connectivity index (χ1v) is 8.67. The van der Waals surface area contributed by atoms with Crippen LogP contribution >= 0.6 is 0 Å². The van der Waals surface area contributed by atoms with E-state index in [1.807, 2.05) is 18.2 Å². The van der Waals surface area contributed by atoms with Crippen molar-refractivity contribution in [1.82, 2.24) is 5.32 Å². The van der Waals surface area contributed by atoms with Crippen LogP contribution in [0.3, 0.4) is 0 Å². The zero-order valence-electron chi connectivity index (χ0n) is 14.4. The zero-order valence-corrected chi connectivity index (χ0v) is 14.4. The molecule has 0 saturated heterocycles. The van der Waals surface area contributed by atoms with Gasteiger partial charge in [-0.3, -0.25) is 4.79 Å². The molecule has 2 fully saturated rings. The lowest BCUT2D eigenvalue weighted by atomic mass is 9.69. The summed E-state index contributed by atoms with van der Waals surface area (Å²) < 4.78 is 5.29. The van der Waals surface area contributed by atoms with Crippen LogP contribution in [0.25, 0.3) is 11.0 Å². The van der Waals surface area contributed by atoms with E-state index >= 15 is 0 Å². The molecular weight excluding hydrogens is 302 g/mol. The van der Waals surface area contributed by atoms with Gasteiger partial charge in [0.15, 0.2) is 0 Å². The summed E-state index contributed by atoms with van der Waals surface area (Å²) in [5.74, 6) is 0.324. The Morgan fingerprint density at radius 3 is 2.67 bits per heavy atom. The van der Waals surface area contributed by atoms with E-state index in [2.05, 4.69) is 26.1 Å². The molecule has 1 aromatic carbocycles. The van der Waals surface area contributed by atoms with Gasteiger partial charge in [-0.1, -0.05) is 39.0 Å². The molecule has 1 heterocycles. The monoisotopic (exact) mass is 325 g/mol. The van der Waals surface area contributed by atoms with Crippen LogP contribution in [0, 0.1) is 16.7 Å². The summed E-state index contributed by atoms with van der Waals surface area (Å²) in [7, 11) is 0. The lowest BCUT2D eigenvalue weighted by Gasteiger charge is -2.39. The van der Waals surface area contributed by atoms with Gasteiger partial charge in [0.05, 0.1) is 0 Å². The van der Waals surface area contributed by atoms with E-state index in [9.17, 15) is 9.59 Å². The van der Waals surface area contributed by atoms with E-state index in [-0.39, 0.29) is 28.3 Å². The first-order chi connectivity index (χ1) is 11.3. The third kappa shape index (κ3) is 1.98. The molecule has 4 heteroatoms. The molecule has 0 spiro atoms. The van der Waals surface area contributed by atoms with E-state index in [0.29, 0.717) is 11.5 Å². The van der Waals surface area contributed by atoms with Gasteiger partial charge in [-0.15, -0.1) is 0 Å². The summed E-state index contributed by atoms with van der Waals surface area (Å²) in [6, 6.07) is 9.00. The van der Waals surface area contributed by atoms with Crippen LogP contribution in [-0.2, 0) is 0 Å². The Bertz CT molecular complexity index is 882. The van der Waals surface area contributed by atoms with E-state index in [1.54, 1.807) is 12.1 Å². The minimum Gasteiger partial charge on any atom is -0.422 e. The number of benzene rings is 1. The second-order valence-corrected chi connectivity index (χ2v) is 8.12. The number of amides is 1. The van der Waals surface area contributed by atoms with Gasteiger partial charge >= 0.3 is 5.63 Å². The van der Waals surface area contributed by atoms with Gasteiger partial charge in [-0.05, 0) is 48.1 Å². The predicted molar refractivity (Wildman–Crippen MR) is 93.0 cm³/mol. The van der Waals surface area contributed by atoms with Crippen molar-refractivity contribution in [3.63, 3.8) is 0 Å². The van der Waals surface area contributed by atoms with Gasteiger partial charge in [-0.25, -0.2) is 4.79 Å². The molecule has 1 aromatic heterocycles. The number of fused-ring (bicyclic) bond motifs is 3. The summed E-state index contributed by atoms with van der Waals surface area (Å²) in [6.07, 6.45) is 3.35. The molecule has 0 unspecified atom stereocenters. The number of hydrogen-bond acceptors (Lipinski definition) is 3. The highest BCUT2D eigenvalue weighted by Crippen LogP contribution is 2.65. The van der Waals surface area contributed by atoms with Crippen LogP contribution in [0.1, 0.15) is 50.4 Å². The highest BCUT2D eigenvalue weighted by Gasteiger charge is 2.61. The van der Waals surface area contributed by atoms with Crippen LogP contribution in [0.2, 0.25) is 0 Å². The normalized spacial score (nSPS) is 30.6. The SMILES string of the molecule is CC1(C)[C@@H]2CC[C@@]1(C)[C@@H](NC(=O)c1cc3ccccc3oc1=O)C2. The van der Waals surface area contributed by atoms with Gasteiger partial charge in [0.25, 0.3) is 5.91 Å². The highest BCUT2D eigenvalue weighted by atomic mass is 16.4. The number of hydrogen-bond donors (Lipinski definition) is 1. The Balaban J connectivity index is 1.64. The van der Waals surface area contributed by atoms with Crippen molar-refractivity contribution in [2.75, 3.05) is 0 Å².